The second kappa shape index (κ2) is 5.12. The van der Waals surface area contributed by atoms with E-state index in [1.165, 1.54) is 0 Å². The second-order valence-corrected chi connectivity index (χ2v) is 4.02. The molecule has 1 rings (SSSR count). The Morgan fingerprint density at radius 3 is 2.32 bits per heavy atom. The van der Waals surface area contributed by atoms with E-state index in [0.29, 0.717) is 6.07 Å². The molecule has 0 aliphatic carbocycles. The number of alkyl halides is 3. The highest BCUT2D eigenvalue weighted by Crippen LogP contribution is 2.26. The molecule has 0 radical (unpaired) electrons. The minimum absolute atomic E-state index is 0.409. The van der Waals surface area contributed by atoms with Gasteiger partial charge in [-0.3, -0.25) is 5.32 Å². The van der Waals surface area contributed by atoms with Crippen molar-refractivity contribution in [1.82, 2.24) is 5.32 Å². The number of hydrogen-bond acceptors (Lipinski definition) is 2. The predicted molar refractivity (Wildman–Crippen MR) is 55.4 cm³/mol. The summed E-state index contributed by atoms with van der Waals surface area (Å²) in [7, 11) is 0. The first-order valence-electron chi connectivity index (χ1n) is 5.07. The minimum atomic E-state index is -4.66. The molecule has 1 unspecified atom stereocenters. The molecule has 0 aliphatic rings. The highest BCUT2D eigenvalue weighted by Gasteiger charge is 2.41. The summed E-state index contributed by atoms with van der Waals surface area (Å²) in [6, 6.07) is 1.98. The lowest BCUT2D eigenvalue weighted by Crippen LogP contribution is -2.50. The molecular weight excluding hydrogens is 273 g/mol. The zero-order valence-electron chi connectivity index (χ0n) is 9.68. The summed E-state index contributed by atoms with van der Waals surface area (Å²) in [6.45, 7) is -0.746. The molecule has 0 spiro atoms. The van der Waals surface area contributed by atoms with Gasteiger partial charge >= 0.3 is 12.1 Å². The first kappa shape index (κ1) is 15.4. The third kappa shape index (κ3) is 3.63. The smallest absolute Gasteiger partial charge is 0.401 e. The molecule has 8 heteroatoms. The average molecular weight is 283 g/mol. The lowest BCUT2D eigenvalue weighted by atomic mass is 9.91. The largest absolute Gasteiger partial charge is 0.480 e. The van der Waals surface area contributed by atoms with Crippen LogP contribution in [0.2, 0.25) is 0 Å². The van der Waals surface area contributed by atoms with Crippen LogP contribution in [0.3, 0.4) is 0 Å². The van der Waals surface area contributed by atoms with E-state index in [1.807, 2.05) is 0 Å². The van der Waals surface area contributed by atoms with Crippen LogP contribution in [0.5, 0.6) is 0 Å². The number of carbonyl (C=O) groups is 1. The third-order valence-corrected chi connectivity index (χ3v) is 2.54. The molecule has 0 heterocycles. The van der Waals surface area contributed by atoms with Gasteiger partial charge in [-0.05, 0) is 13.0 Å². The van der Waals surface area contributed by atoms with Crippen LogP contribution < -0.4 is 5.32 Å². The summed E-state index contributed by atoms with van der Waals surface area (Å²) in [6.07, 6.45) is -4.66. The monoisotopic (exact) mass is 283 g/mol. The van der Waals surface area contributed by atoms with Crippen LogP contribution in [0.15, 0.2) is 18.2 Å². The average Bonchev–Trinajstić information content (AvgIpc) is 2.24. The Morgan fingerprint density at radius 2 is 1.89 bits per heavy atom. The summed E-state index contributed by atoms with van der Waals surface area (Å²) in [5, 5.41) is 10.7. The van der Waals surface area contributed by atoms with E-state index in [-0.39, 0.29) is 0 Å². The SMILES string of the molecule is CC(NCC(F)(F)F)(C(=O)O)c1ccc(F)cc1F. The predicted octanol–water partition coefficient (Wildman–Crippen LogP) is 2.42. The van der Waals surface area contributed by atoms with Gasteiger partial charge in [-0.25, -0.2) is 13.6 Å². The van der Waals surface area contributed by atoms with Crippen LogP contribution in [0.25, 0.3) is 0 Å². The maximum absolute atomic E-state index is 13.5. The fourth-order valence-electron chi connectivity index (χ4n) is 1.46. The number of rotatable bonds is 4. The summed E-state index contributed by atoms with van der Waals surface area (Å²) in [5.41, 5.74) is -2.89. The zero-order chi connectivity index (χ0) is 14.8. The highest BCUT2D eigenvalue weighted by atomic mass is 19.4. The Kier molecular flexibility index (Phi) is 4.14. The van der Waals surface area contributed by atoms with E-state index < -0.39 is 41.4 Å². The van der Waals surface area contributed by atoms with Crippen LogP contribution in [0, 0.1) is 11.6 Å². The van der Waals surface area contributed by atoms with Crippen molar-refractivity contribution in [3.8, 4) is 0 Å². The molecule has 1 atom stereocenters. The molecular formula is C11H10F5NO2. The number of carboxylic acids is 1. The van der Waals surface area contributed by atoms with Gasteiger partial charge in [0, 0.05) is 11.6 Å². The van der Waals surface area contributed by atoms with Crippen LogP contribution in [-0.4, -0.2) is 23.8 Å². The van der Waals surface area contributed by atoms with Crippen molar-refractivity contribution in [3.05, 3.63) is 35.4 Å². The molecule has 0 amide bonds. The van der Waals surface area contributed by atoms with Gasteiger partial charge in [0.15, 0.2) is 0 Å². The number of halogens is 5. The molecule has 0 fully saturated rings. The molecule has 0 aliphatic heterocycles. The Bertz CT molecular complexity index is 488. The molecule has 1 aromatic carbocycles. The molecule has 0 saturated carbocycles. The molecule has 0 saturated heterocycles. The number of carboxylic acid groups (broad SMARTS) is 1. The zero-order valence-corrected chi connectivity index (χ0v) is 9.68. The van der Waals surface area contributed by atoms with Crippen molar-refractivity contribution in [2.45, 2.75) is 18.6 Å². The van der Waals surface area contributed by atoms with E-state index >= 15 is 0 Å². The summed E-state index contributed by atoms with van der Waals surface area (Å²) in [5.74, 6) is -3.90. The van der Waals surface area contributed by atoms with E-state index in [4.69, 9.17) is 5.11 Å². The van der Waals surface area contributed by atoms with Crippen molar-refractivity contribution < 1.29 is 31.9 Å². The van der Waals surface area contributed by atoms with Crippen LogP contribution in [0.1, 0.15) is 12.5 Å². The Hall–Kier alpha value is -1.70. The van der Waals surface area contributed by atoms with Crippen molar-refractivity contribution >= 4 is 5.97 Å². The topological polar surface area (TPSA) is 49.3 Å². The molecule has 19 heavy (non-hydrogen) atoms. The van der Waals surface area contributed by atoms with Gasteiger partial charge in [0.2, 0.25) is 0 Å². The first-order chi connectivity index (χ1) is 8.56. The number of aliphatic carboxylic acids is 1. The first-order valence-corrected chi connectivity index (χ1v) is 5.07. The molecule has 0 bridgehead atoms. The fourth-order valence-corrected chi connectivity index (χ4v) is 1.46. The van der Waals surface area contributed by atoms with E-state index in [9.17, 15) is 26.7 Å². The second-order valence-electron chi connectivity index (χ2n) is 4.02. The quantitative estimate of drug-likeness (QED) is 0.834. The highest BCUT2D eigenvalue weighted by molar-refractivity contribution is 5.80. The Balaban J connectivity index is 3.15. The van der Waals surface area contributed by atoms with E-state index in [2.05, 4.69) is 0 Å². The molecule has 2 N–H and O–H groups in total. The van der Waals surface area contributed by atoms with Gasteiger partial charge < -0.3 is 5.11 Å². The summed E-state index contributed by atoms with van der Waals surface area (Å²) < 4.78 is 62.6. The van der Waals surface area contributed by atoms with E-state index in [1.54, 1.807) is 5.32 Å². The van der Waals surface area contributed by atoms with Crippen molar-refractivity contribution in [2.24, 2.45) is 0 Å². The lowest BCUT2D eigenvalue weighted by molar-refractivity contribution is -0.150. The molecule has 1 aromatic rings. The van der Waals surface area contributed by atoms with Gasteiger partial charge in [0.05, 0.1) is 6.54 Å². The van der Waals surface area contributed by atoms with E-state index in [0.717, 1.165) is 19.1 Å². The Labute approximate surface area is 105 Å². The van der Waals surface area contributed by atoms with Crippen molar-refractivity contribution in [3.63, 3.8) is 0 Å². The lowest BCUT2D eigenvalue weighted by Gasteiger charge is -2.27. The van der Waals surface area contributed by atoms with Crippen LogP contribution in [-0.2, 0) is 10.3 Å². The molecule has 3 nitrogen and oxygen atoms in total. The van der Waals surface area contributed by atoms with Crippen LogP contribution in [0.4, 0.5) is 22.0 Å². The van der Waals surface area contributed by atoms with Gasteiger partial charge in [0.1, 0.15) is 17.2 Å². The molecule has 106 valence electrons. The van der Waals surface area contributed by atoms with Crippen LogP contribution >= 0.6 is 0 Å². The standard InChI is InChI=1S/C11H10F5NO2/c1-10(9(18)19,17-5-11(14,15)16)7-3-2-6(12)4-8(7)13/h2-4,17H,5H2,1H3,(H,18,19). The maximum Gasteiger partial charge on any atom is 0.401 e. The van der Waals surface area contributed by atoms with Gasteiger partial charge in [-0.15, -0.1) is 0 Å². The van der Waals surface area contributed by atoms with Crippen molar-refractivity contribution in [2.75, 3.05) is 6.54 Å². The number of benzene rings is 1. The summed E-state index contributed by atoms with van der Waals surface area (Å²) >= 11 is 0. The Morgan fingerprint density at radius 1 is 1.32 bits per heavy atom. The van der Waals surface area contributed by atoms with Gasteiger partial charge in [-0.1, -0.05) is 6.07 Å². The normalized spacial score (nSPS) is 15.1. The van der Waals surface area contributed by atoms with Gasteiger partial charge in [0.25, 0.3) is 0 Å². The third-order valence-electron chi connectivity index (χ3n) is 2.54. The summed E-state index contributed by atoms with van der Waals surface area (Å²) in [4.78, 5) is 11.1. The van der Waals surface area contributed by atoms with Crippen molar-refractivity contribution in [1.29, 1.82) is 0 Å². The van der Waals surface area contributed by atoms with Gasteiger partial charge in [-0.2, -0.15) is 13.2 Å². The maximum atomic E-state index is 13.5. The molecule has 0 aromatic heterocycles. The minimum Gasteiger partial charge on any atom is -0.480 e. The number of nitrogens with one attached hydrogen (secondary N) is 1. The number of hydrogen-bond donors (Lipinski definition) is 2. The fraction of sp³-hybridized carbons (Fsp3) is 0.364.